The van der Waals surface area contributed by atoms with E-state index >= 15 is 0 Å². The van der Waals surface area contributed by atoms with Crippen LogP contribution in [0.2, 0.25) is 0 Å². The lowest BCUT2D eigenvalue weighted by atomic mass is 10.1. The number of unbranched alkanes of at least 4 members (excludes halogenated alkanes) is 1. The van der Waals surface area contributed by atoms with E-state index in [2.05, 4.69) is 16.9 Å². The highest BCUT2D eigenvalue weighted by Crippen LogP contribution is 2.09. The second-order valence-corrected chi connectivity index (χ2v) is 6.34. The molecule has 138 valence electrons. The van der Waals surface area contributed by atoms with E-state index in [9.17, 15) is 9.59 Å². The fourth-order valence-corrected chi connectivity index (χ4v) is 2.54. The van der Waals surface area contributed by atoms with Gasteiger partial charge in [-0.15, -0.1) is 0 Å². The van der Waals surface area contributed by atoms with Gasteiger partial charge in [-0.1, -0.05) is 13.3 Å². The molecule has 0 aliphatic carbocycles. The number of nitrogens with zero attached hydrogens (tertiary/aromatic N) is 4. The number of pyridine rings is 2. The first-order valence-electron chi connectivity index (χ1n) is 8.88. The Balaban J connectivity index is 2.01. The van der Waals surface area contributed by atoms with E-state index in [0.717, 1.165) is 24.8 Å². The number of hydrogen-bond acceptors (Lipinski definition) is 4. The maximum Gasteiger partial charge on any atom is 0.272 e. The molecule has 0 saturated carbocycles. The largest absolute Gasteiger partial charge is 0.342 e. The predicted molar refractivity (Wildman–Crippen MR) is 101 cm³/mol. The average molecular weight is 354 g/mol. The molecular formula is C20H26N4O2. The number of amides is 2. The Morgan fingerprint density at radius 2 is 1.65 bits per heavy atom. The molecule has 6 nitrogen and oxygen atoms in total. The van der Waals surface area contributed by atoms with Crippen molar-refractivity contribution in [3.63, 3.8) is 0 Å². The zero-order valence-corrected chi connectivity index (χ0v) is 15.7. The Kier molecular flexibility index (Phi) is 7.26. The van der Waals surface area contributed by atoms with Gasteiger partial charge in [0.2, 0.25) is 0 Å². The number of likely N-dealkylation sites (N-methyl/N-ethyl adjacent to an activating group) is 1. The Bertz CT molecular complexity index is 734. The maximum atomic E-state index is 12.6. The maximum absolute atomic E-state index is 12.6. The van der Waals surface area contributed by atoms with E-state index in [1.165, 1.54) is 6.20 Å². The summed E-state index contributed by atoms with van der Waals surface area (Å²) in [5, 5.41) is 0. The van der Waals surface area contributed by atoms with Crippen LogP contribution in [0.3, 0.4) is 0 Å². The van der Waals surface area contributed by atoms with Crippen molar-refractivity contribution in [3.8, 4) is 0 Å². The first-order chi connectivity index (χ1) is 12.5. The van der Waals surface area contributed by atoms with Gasteiger partial charge in [0.05, 0.1) is 0 Å². The van der Waals surface area contributed by atoms with Crippen molar-refractivity contribution >= 4 is 11.8 Å². The van der Waals surface area contributed by atoms with Crippen molar-refractivity contribution in [2.75, 3.05) is 27.2 Å². The minimum atomic E-state index is -0.190. The van der Waals surface area contributed by atoms with Crippen LogP contribution in [0.5, 0.6) is 0 Å². The topological polar surface area (TPSA) is 66.4 Å². The van der Waals surface area contributed by atoms with Gasteiger partial charge in [0.15, 0.2) is 0 Å². The molecule has 2 aromatic heterocycles. The van der Waals surface area contributed by atoms with Crippen LogP contribution >= 0.6 is 0 Å². The van der Waals surface area contributed by atoms with Gasteiger partial charge in [0, 0.05) is 51.3 Å². The van der Waals surface area contributed by atoms with E-state index < -0.39 is 0 Å². The minimum absolute atomic E-state index is 0.0886. The standard InChI is InChI=1S/C20H26N4O2/c1-4-5-13-23(2)19(25)17-8-12-22-18(15-17)20(26)24(3)14-9-16-6-10-21-11-7-16/h6-8,10-12,15H,4-5,9,13-14H2,1-3H3. The summed E-state index contributed by atoms with van der Waals surface area (Å²) in [6.45, 7) is 3.36. The van der Waals surface area contributed by atoms with Crippen LogP contribution in [0.1, 0.15) is 46.2 Å². The summed E-state index contributed by atoms with van der Waals surface area (Å²) in [7, 11) is 3.52. The summed E-state index contributed by atoms with van der Waals surface area (Å²) in [5.41, 5.74) is 1.90. The molecule has 0 aliphatic heterocycles. The van der Waals surface area contributed by atoms with Crippen LogP contribution in [0.15, 0.2) is 42.9 Å². The predicted octanol–water partition coefficient (Wildman–Crippen LogP) is 2.66. The molecule has 0 unspecified atom stereocenters. The van der Waals surface area contributed by atoms with Crippen molar-refractivity contribution in [2.24, 2.45) is 0 Å². The Labute approximate surface area is 154 Å². The molecule has 0 radical (unpaired) electrons. The summed E-state index contributed by atoms with van der Waals surface area (Å²) < 4.78 is 0. The monoisotopic (exact) mass is 354 g/mol. The van der Waals surface area contributed by atoms with E-state index in [1.807, 2.05) is 12.1 Å². The number of aromatic nitrogens is 2. The molecule has 2 heterocycles. The fraction of sp³-hybridized carbons (Fsp3) is 0.400. The van der Waals surface area contributed by atoms with Crippen LogP contribution in [-0.4, -0.2) is 58.8 Å². The van der Waals surface area contributed by atoms with Crippen LogP contribution in [-0.2, 0) is 6.42 Å². The zero-order valence-electron chi connectivity index (χ0n) is 15.7. The third-order valence-electron chi connectivity index (χ3n) is 4.25. The first kappa shape index (κ1) is 19.6. The van der Waals surface area contributed by atoms with Gasteiger partial charge in [0.25, 0.3) is 11.8 Å². The van der Waals surface area contributed by atoms with E-state index in [1.54, 1.807) is 48.4 Å². The van der Waals surface area contributed by atoms with Gasteiger partial charge >= 0.3 is 0 Å². The molecule has 2 amide bonds. The van der Waals surface area contributed by atoms with Crippen molar-refractivity contribution in [1.82, 2.24) is 19.8 Å². The van der Waals surface area contributed by atoms with Crippen molar-refractivity contribution in [3.05, 3.63) is 59.7 Å². The molecule has 0 aromatic carbocycles. The van der Waals surface area contributed by atoms with Gasteiger partial charge in [-0.3, -0.25) is 19.6 Å². The number of rotatable bonds is 8. The lowest BCUT2D eigenvalue weighted by molar-refractivity contribution is 0.0789. The zero-order chi connectivity index (χ0) is 18.9. The Morgan fingerprint density at radius 1 is 0.962 bits per heavy atom. The summed E-state index contributed by atoms with van der Waals surface area (Å²) in [6.07, 6.45) is 7.72. The highest BCUT2D eigenvalue weighted by atomic mass is 16.2. The molecule has 0 bridgehead atoms. The number of hydrogen-bond donors (Lipinski definition) is 0. The second-order valence-electron chi connectivity index (χ2n) is 6.34. The normalized spacial score (nSPS) is 10.4. The van der Waals surface area contributed by atoms with E-state index in [-0.39, 0.29) is 17.5 Å². The number of carbonyl (C=O) groups excluding carboxylic acids is 2. The molecule has 6 heteroatoms. The molecule has 2 aromatic rings. The van der Waals surface area contributed by atoms with Crippen molar-refractivity contribution < 1.29 is 9.59 Å². The van der Waals surface area contributed by atoms with Crippen molar-refractivity contribution in [2.45, 2.75) is 26.2 Å². The second kappa shape index (κ2) is 9.65. The van der Waals surface area contributed by atoms with Crippen LogP contribution in [0.4, 0.5) is 0 Å². The molecule has 0 aliphatic rings. The fourth-order valence-electron chi connectivity index (χ4n) is 2.54. The van der Waals surface area contributed by atoms with Gasteiger partial charge in [-0.05, 0) is 42.7 Å². The average Bonchev–Trinajstić information content (AvgIpc) is 2.69. The third-order valence-corrected chi connectivity index (χ3v) is 4.25. The van der Waals surface area contributed by atoms with Gasteiger partial charge in [-0.25, -0.2) is 0 Å². The summed E-state index contributed by atoms with van der Waals surface area (Å²) in [5.74, 6) is -0.278. The smallest absolute Gasteiger partial charge is 0.272 e. The molecule has 0 atom stereocenters. The molecule has 0 N–H and O–H groups in total. The van der Waals surface area contributed by atoms with Gasteiger partial charge in [0.1, 0.15) is 5.69 Å². The highest BCUT2D eigenvalue weighted by molar-refractivity contribution is 5.98. The van der Waals surface area contributed by atoms with Crippen LogP contribution in [0, 0.1) is 0 Å². The van der Waals surface area contributed by atoms with Crippen LogP contribution < -0.4 is 0 Å². The molecule has 0 spiro atoms. The first-order valence-corrected chi connectivity index (χ1v) is 8.88. The lowest BCUT2D eigenvalue weighted by Gasteiger charge is -2.19. The quantitative estimate of drug-likeness (QED) is 0.731. The highest BCUT2D eigenvalue weighted by Gasteiger charge is 2.17. The van der Waals surface area contributed by atoms with Crippen molar-refractivity contribution in [1.29, 1.82) is 0 Å². The number of carbonyl (C=O) groups is 2. The molecule has 0 fully saturated rings. The SMILES string of the molecule is CCCCN(C)C(=O)c1ccnc(C(=O)N(C)CCc2ccncc2)c1. The summed E-state index contributed by atoms with van der Waals surface area (Å²) >= 11 is 0. The molecular weight excluding hydrogens is 328 g/mol. The van der Waals surface area contributed by atoms with E-state index in [4.69, 9.17) is 0 Å². The summed E-state index contributed by atoms with van der Waals surface area (Å²) in [6, 6.07) is 7.10. The molecule has 26 heavy (non-hydrogen) atoms. The molecule has 0 saturated heterocycles. The van der Waals surface area contributed by atoms with Gasteiger partial charge < -0.3 is 9.80 Å². The Morgan fingerprint density at radius 3 is 2.35 bits per heavy atom. The summed E-state index contributed by atoms with van der Waals surface area (Å²) in [4.78, 5) is 36.5. The van der Waals surface area contributed by atoms with E-state index in [0.29, 0.717) is 18.7 Å². The van der Waals surface area contributed by atoms with Gasteiger partial charge in [-0.2, -0.15) is 0 Å². The molecule has 2 rings (SSSR count). The van der Waals surface area contributed by atoms with Crippen LogP contribution in [0.25, 0.3) is 0 Å². The minimum Gasteiger partial charge on any atom is -0.342 e. The lowest BCUT2D eigenvalue weighted by Crippen LogP contribution is -2.31. The Hall–Kier alpha value is -2.76. The third kappa shape index (κ3) is 5.37.